The van der Waals surface area contributed by atoms with E-state index in [9.17, 15) is 19.1 Å². The molecule has 4 aromatic rings. The maximum atomic E-state index is 13.4. The molecule has 9 heteroatoms. The number of carbonyl (C=O) groups excluding carboxylic acids is 1. The Bertz CT molecular complexity index is 1510. The van der Waals surface area contributed by atoms with Crippen LogP contribution in [0.15, 0.2) is 72.9 Å². The van der Waals surface area contributed by atoms with Crippen molar-refractivity contribution in [2.75, 3.05) is 5.32 Å². The standard InChI is InChI=1S/C29H25ClFN3O4/c1-17(23-12-11-22(31)15-25(23)30)38-28(37)33-26-24(16-32-34(26)2)20-5-3-18(4-6-20)19-7-9-21(10-8-19)29(13-14-29)27(35)36/h3-12,15-17H,13-14H2,1-2H3,(H,33,37)(H,35,36). The summed E-state index contributed by atoms with van der Waals surface area (Å²) in [5.74, 6) is -0.788. The van der Waals surface area contributed by atoms with E-state index in [2.05, 4.69) is 10.4 Å². The Morgan fingerprint density at radius 3 is 2.24 bits per heavy atom. The predicted molar refractivity (Wildman–Crippen MR) is 143 cm³/mol. The molecule has 38 heavy (non-hydrogen) atoms. The molecule has 1 saturated carbocycles. The van der Waals surface area contributed by atoms with Crippen molar-refractivity contribution in [2.45, 2.75) is 31.3 Å². The number of carbonyl (C=O) groups is 2. The van der Waals surface area contributed by atoms with E-state index in [0.29, 0.717) is 29.8 Å². The number of carboxylic acid groups (broad SMARTS) is 1. The van der Waals surface area contributed by atoms with Gasteiger partial charge in [-0.25, -0.2) is 9.18 Å². The average Bonchev–Trinajstić information content (AvgIpc) is 3.64. The van der Waals surface area contributed by atoms with Gasteiger partial charge in [-0.1, -0.05) is 66.2 Å². The molecule has 194 valence electrons. The van der Waals surface area contributed by atoms with Crippen LogP contribution in [0.4, 0.5) is 15.0 Å². The third-order valence-corrected chi connectivity index (χ3v) is 7.30. The number of carboxylic acids is 1. The van der Waals surface area contributed by atoms with Crippen molar-refractivity contribution in [1.82, 2.24) is 9.78 Å². The van der Waals surface area contributed by atoms with Crippen LogP contribution in [-0.2, 0) is 22.0 Å². The number of nitrogens with zero attached hydrogens (tertiary/aromatic N) is 2. The van der Waals surface area contributed by atoms with Gasteiger partial charge in [0.15, 0.2) is 0 Å². The number of halogens is 2. The maximum absolute atomic E-state index is 13.4. The molecule has 1 aromatic heterocycles. The van der Waals surface area contributed by atoms with Gasteiger partial charge in [-0.3, -0.25) is 14.8 Å². The highest BCUT2D eigenvalue weighted by Crippen LogP contribution is 2.48. The second-order valence-corrected chi connectivity index (χ2v) is 9.82. The fourth-order valence-corrected chi connectivity index (χ4v) is 4.87. The Labute approximate surface area is 223 Å². The summed E-state index contributed by atoms with van der Waals surface area (Å²) in [7, 11) is 1.71. The second-order valence-electron chi connectivity index (χ2n) is 9.41. The van der Waals surface area contributed by atoms with Crippen molar-refractivity contribution in [3.63, 3.8) is 0 Å². The third-order valence-electron chi connectivity index (χ3n) is 6.97. The molecule has 5 rings (SSSR count). The minimum Gasteiger partial charge on any atom is -0.481 e. The number of hydrogen-bond donors (Lipinski definition) is 2. The van der Waals surface area contributed by atoms with Crippen LogP contribution >= 0.6 is 11.6 Å². The van der Waals surface area contributed by atoms with Crippen molar-refractivity contribution < 1.29 is 23.8 Å². The lowest BCUT2D eigenvalue weighted by Gasteiger charge is -2.16. The zero-order valence-electron chi connectivity index (χ0n) is 20.7. The highest BCUT2D eigenvalue weighted by Gasteiger charge is 2.51. The minimum absolute atomic E-state index is 0.176. The van der Waals surface area contributed by atoms with Gasteiger partial charge in [-0.15, -0.1) is 0 Å². The number of amides is 1. The molecule has 0 aliphatic heterocycles. The Hall–Kier alpha value is -4.17. The largest absolute Gasteiger partial charge is 0.481 e. The smallest absolute Gasteiger partial charge is 0.413 e. The number of hydrogen-bond acceptors (Lipinski definition) is 4. The molecule has 2 N–H and O–H groups in total. The zero-order chi connectivity index (χ0) is 27.0. The van der Waals surface area contributed by atoms with Crippen molar-refractivity contribution in [3.8, 4) is 22.3 Å². The first-order valence-corrected chi connectivity index (χ1v) is 12.4. The van der Waals surface area contributed by atoms with Crippen LogP contribution < -0.4 is 5.32 Å². The molecule has 0 spiro atoms. The van der Waals surface area contributed by atoms with Gasteiger partial charge in [0.1, 0.15) is 17.7 Å². The van der Waals surface area contributed by atoms with E-state index in [1.807, 2.05) is 48.5 Å². The van der Waals surface area contributed by atoms with E-state index in [1.165, 1.54) is 22.9 Å². The highest BCUT2D eigenvalue weighted by atomic mass is 35.5. The fourth-order valence-electron chi connectivity index (χ4n) is 4.55. The monoisotopic (exact) mass is 533 g/mol. The predicted octanol–water partition coefficient (Wildman–Crippen LogP) is 6.97. The van der Waals surface area contributed by atoms with Crippen LogP contribution in [0.2, 0.25) is 5.02 Å². The van der Waals surface area contributed by atoms with Crippen LogP contribution in [0.25, 0.3) is 22.3 Å². The first kappa shape index (κ1) is 25.5. The highest BCUT2D eigenvalue weighted by molar-refractivity contribution is 6.31. The Morgan fingerprint density at radius 1 is 1.05 bits per heavy atom. The van der Waals surface area contributed by atoms with Gasteiger partial charge in [0.25, 0.3) is 0 Å². The van der Waals surface area contributed by atoms with Gasteiger partial charge < -0.3 is 9.84 Å². The van der Waals surface area contributed by atoms with Gasteiger partial charge in [-0.2, -0.15) is 5.10 Å². The Morgan fingerprint density at radius 2 is 1.66 bits per heavy atom. The summed E-state index contributed by atoms with van der Waals surface area (Å²) in [5, 5.41) is 16.7. The molecule has 7 nitrogen and oxygen atoms in total. The summed E-state index contributed by atoms with van der Waals surface area (Å²) in [6.45, 7) is 1.65. The molecule has 1 unspecified atom stereocenters. The first-order valence-electron chi connectivity index (χ1n) is 12.1. The molecule has 3 aromatic carbocycles. The van der Waals surface area contributed by atoms with Gasteiger partial charge in [-0.05, 0) is 54.2 Å². The molecule has 0 saturated heterocycles. The summed E-state index contributed by atoms with van der Waals surface area (Å²) in [6.07, 6.45) is 1.60. The lowest BCUT2D eigenvalue weighted by molar-refractivity contribution is -0.140. The number of ether oxygens (including phenoxy) is 1. The molecule has 1 amide bonds. The van der Waals surface area contributed by atoms with E-state index in [4.69, 9.17) is 16.3 Å². The molecule has 1 heterocycles. The molecular formula is C29H25ClFN3O4. The van der Waals surface area contributed by atoms with Crippen LogP contribution in [0, 0.1) is 5.82 Å². The normalized spacial score (nSPS) is 14.5. The number of aliphatic carboxylic acids is 1. The van der Waals surface area contributed by atoms with Gasteiger partial charge >= 0.3 is 12.1 Å². The minimum atomic E-state index is -0.770. The number of benzene rings is 3. The zero-order valence-corrected chi connectivity index (χ0v) is 21.5. The summed E-state index contributed by atoms with van der Waals surface area (Å²) in [6, 6.07) is 19.3. The first-order chi connectivity index (χ1) is 18.2. The molecule has 0 bridgehead atoms. The van der Waals surface area contributed by atoms with Gasteiger partial charge in [0, 0.05) is 18.2 Å². The van der Waals surface area contributed by atoms with Crippen LogP contribution in [0.5, 0.6) is 0 Å². The maximum Gasteiger partial charge on any atom is 0.413 e. The van der Waals surface area contributed by atoms with E-state index in [-0.39, 0.29) is 5.02 Å². The summed E-state index contributed by atoms with van der Waals surface area (Å²) >= 11 is 6.09. The van der Waals surface area contributed by atoms with Crippen LogP contribution in [0.1, 0.15) is 37.0 Å². The summed E-state index contributed by atoms with van der Waals surface area (Å²) in [4.78, 5) is 24.3. The lowest BCUT2D eigenvalue weighted by atomic mass is 9.93. The number of aryl methyl sites for hydroxylation is 1. The van der Waals surface area contributed by atoms with E-state index >= 15 is 0 Å². The topological polar surface area (TPSA) is 93.4 Å². The molecule has 1 fully saturated rings. The SMILES string of the molecule is CC(OC(=O)Nc1c(-c2ccc(-c3ccc(C4(C(=O)O)CC4)cc3)cc2)cnn1C)c1ccc(F)cc1Cl. The number of anilines is 1. The van der Waals surface area contributed by atoms with Gasteiger partial charge in [0.2, 0.25) is 0 Å². The van der Waals surface area contributed by atoms with Crippen molar-refractivity contribution in [3.05, 3.63) is 94.9 Å². The lowest BCUT2D eigenvalue weighted by Crippen LogP contribution is -2.19. The molecular weight excluding hydrogens is 509 g/mol. The number of aromatic nitrogens is 2. The third kappa shape index (κ3) is 4.87. The summed E-state index contributed by atoms with van der Waals surface area (Å²) < 4.78 is 20.4. The van der Waals surface area contributed by atoms with Crippen LogP contribution in [0.3, 0.4) is 0 Å². The van der Waals surface area contributed by atoms with Gasteiger partial charge in [0.05, 0.1) is 16.6 Å². The van der Waals surface area contributed by atoms with E-state index in [0.717, 1.165) is 22.3 Å². The fraction of sp³-hybridized carbons (Fsp3) is 0.207. The number of nitrogens with one attached hydrogen (secondary N) is 1. The van der Waals surface area contributed by atoms with Crippen LogP contribution in [-0.4, -0.2) is 26.9 Å². The molecule has 0 radical (unpaired) electrons. The molecule has 1 aliphatic rings. The summed E-state index contributed by atoms with van der Waals surface area (Å²) in [5.41, 5.74) is 4.09. The molecule has 1 atom stereocenters. The van der Waals surface area contributed by atoms with E-state index in [1.54, 1.807) is 20.2 Å². The molecule has 1 aliphatic carbocycles. The van der Waals surface area contributed by atoms with E-state index < -0.39 is 29.4 Å². The second kappa shape index (κ2) is 9.95. The number of rotatable bonds is 7. The Kier molecular flexibility index (Phi) is 6.67. The van der Waals surface area contributed by atoms with Crippen molar-refractivity contribution in [2.24, 2.45) is 7.05 Å². The quantitative estimate of drug-likeness (QED) is 0.267. The van der Waals surface area contributed by atoms with Crippen molar-refractivity contribution in [1.29, 1.82) is 0 Å². The van der Waals surface area contributed by atoms with Crippen molar-refractivity contribution >= 4 is 29.5 Å². The average molecular weight is 534 g/mol. The Balaban J connectivity index is 1.30.